The number of nitrogens with one attached hydrogen (secondary N) is 1. The van der Waals surface area contributed by atoms with E-state index in [1.165, 1.54) is 12.1 Å². The summed E-state index contributed by atoms with van der Waals surface area (Å²) >= 11 is 5.95. The first-order chi connectivity index (χ1) is 11.6. The maximum Gasteiger partial charge on any atom is 0.228 e. The Morgan fingerprint density at radius 1 is 1.25 bits per heavy atom. The number of rotatable bonds is 4. The summed E-state index contributed by atoms with van der Waals surface area (Å²) < 4.78 is 13.0. The number of halogens is 2. The van der Waals surface area contributed by atoms with Crippen LogP contribution in [0.15, 0.2) is 48.5 Å². The molecule has 0 saturated carbocycles. The van der Waals surface area contributed by atoms with Crippen molar-refractivity contribution in [1.82, 2.24) is 4.90 Å². The fourth-order valence-corrected chi connectivity index (χ4v) is 3.26. The largest absolute Gasteiger partial charge is 0.326 e. The number of hydrogen-bond donors (Lipinski definition) is 1. The van der Waals surface area contributed by atoms with E-state index in [4.69, 9.17) is 11.6 Å². The molecule has 1 heterocycles. The maximum absolute atomic E-state index is 13.0. The minimum Gasteiger partial charge on any atom is -0.326 e. The van der Waals surface area contributed by atoms with Gasteiger partial charge < -0.3 is 5.32 Å². The summed E-state index contributed by atoms with van der Waals surface area (Å²) in [5.41, 5.74) is 1.79. The molecule has 1 aliphatic rings. The Labute approximate surface area is 146 Å². The summed E-state index contributed by atoms with van der Waals surface area (Å²) in [4.78, 5) is 14.7. The van der Waals surface area contributed by atoms with Gasteiger partial charge in [0, 0.05) is 23.8 Å². The summed E-state index contributed by atoms with van der Waals surface area (Å²) in [5, 5.41) is 3.55. The molecule has 1 saturated heterocycles. The van der Waals surface area contributed by atoms with Crippen molar-refractivity contribution in [2.45, 2.75) is 19.4 Å². The SMILES string of the molecule is O=C(Nc1cccc(Cl)c1)C1CCCN(Cc2ccc(F)cc2)C1. The first-order valence-corrected chi connectivity index (χ1v) is 8.51. The molecule has 0 radical (unpaired) electrons. The lowest BCUT2D eigenvalue weighted by molar-refractivity contribution is -0.121. The van der Waals surface area contributed by atoms with Crippen LogP contribution in [0, 0.1) is 11.7 Å². The second-order valence-corrected chi connectivity index (χ2v) is 6.64. The van der Waals surface area contributed by atoms with Gasteiger partial charge in [-0.2, -0.15) is 0 Å². The number of nitrogens with zero attached hydrogens (tertiary/aromatic N) is 1. The van der Waals surface area contributed by atoms with E-state index in [9.17, 15) is 9.18 Å². The molecular formula is C19H20ClFN2O. The molecule has 1 fully saturated rings. The number of amides is 1. The fourth-order valence-electron chi connectivity index (χ4n) is 3.07. The van der Waals surface area contributed by atoms with E-state index in [-0.39, 0.29) is 17.6 Å². The number of benzene rings is 2. The second kappa shape index (κ2) is 7.77. The van der Waals surface area contributed by atoms with E-state index in [0.29, 0.717) is 11.6 Å². The normalized spacial score (nSPS) is 18.3. The third-order valence-electron chi connectivity index (χ3n) is 4.29. The molecule has 5 heteroatoms. The molecule has 1 amide bonds. The van der Waals surface area contributed by atoms with Gasteiger partial charge in [-0.1, -0.05) is 29.8 Å². The molecule has 2 aromatic rings. The van der Waals surface area contributed by atoms with Gasteiger partial charge in [-0.3, -0.25) is 9.69 Å². The Balaban J connectivity index is 1.58. The monoisotopic (exact) mass is 346 g/mol. The fraction of sp³-hybridized carbons (Fsp3) is 0.316. The molecule has 0 aliphatic carbocycles. The van der Waals surface area contributed by atoms with Crippen molar-refractivity contribution in [2.24, 2.45) is 5.92 Å². The van der Waals surface area contributed by atoms with Gasteiger partial charge in [0.2, 0.25) is 5.91 Å². The van der Waals surface area contributed by atoms with Crippen LogP contribution in [-0.2, 0) is 11.3 Å². The Morgan fingerprint density at radius 3 is 2.79 bits per heavy atom. The highest BCUT2D eigenvalue weighted by molar-refractivity contribution is 6.30. The average Bonchev–Trinajstić information content (AvgIpc) is 2.57. The number of piperidine rings is 1. The summed E-state index contributed by atoms with van der Waals surface area (Å²) in [7, 11) is 0. The highest BCUT2D eigenvalue weighted by Gasteiger charge is 2.25. The van der Waals surface area contributed by atoms with Crippen LogP contribution < -0.4 is 5.32 Å². The van der Waals surface area contributed by atoms with Crippen molar-refractivity contribution in [3.8, 4) is 0 Å². The van der Waals surface area contributed by atoms with Crippen molar-refractivity contribution < 1.29 is 9.18 Å². The summed E-state index contributed by atoms with van der Waals surface area (Å²) in [6.45, 7) is 2.41. The van der Waals surface area contributed by atoms with Gasteiger partial charge in [-0.05, 0) is 55.3 Å². The third kappa shape index (κ3) is 4.56. The molecule has 3 rings (SSSR count). The zero-order chi connectivity index (χ0) is 16.9. The van der Waals surface area contributed by atoms with E-state index in [1.54, 1.807) is 24.3 Å². The lowest BCUT2D eigenvalue weighted by Crippen LogP contribution is -2.40. The van der Waals surface area contributed by atoms with Crippen LogP contribution in [0.2, 0.25) is 5.02 Å². The van der Waals surface area contributed by atoms with Crippen LogP contribution in [0.1, 0.15) is 18.4 Å². The Hall–Kier alpha value is -1.91. The topological polar surface area (TPSA) is 32.3 Å². The Bertz CT molecular complexity index is 705. The van der Waals surface area contributed by atoms with E-state index >= 15 is 0 Å². The minimum atomic E-state index is -0.226. The molecule has 1 unspecified atom stereocenters. The van der Waals surface area contributed by atoms with Crippen LogP contribution in [0.3, 0.4) is 0 Å². The molecule has 1 atom stereocenters. The van der Waals surface area contributed by atoms with Gasteiger partial charge in [0.15, 0.2) is 0 Å². The van der Waals surface area contributed by atoms with Crippen LogP contribution in [0.4, 0.5) is 10.1 Å². The van der Waals surface area contributed by atoms with Crippen LogP contribution in [0.5, 0.6) is 0 Å². The zero-order valence-electron chi connectivity index (χ0n) is 13.3. The molecule has 0 bridgehead atoms. The zero-order valence-corrected chi connectivity index (χ0v) is 14.1. The highest BCUT2D eigenvalue weighted by atomic mass is 35.5. The van der Waals surface area contributed by atoms with Crippen molar-refractivity contribution in [3.63, 3.8) is 0 Å². The van der Waals surface area contributed by atoms with Crippen molar-refractivity contribution in [1.29, 1.82) is 0 Å². The van der Waals surface area contributed by atoms with Gasteiger partial charge >= 0.3 is 0 Å². The quantitative estimate of drug-likeness (QED) is 0.893. The van der Waals surface area contributed by atoms with Gasteiger partial charge in [-0.15, -0.1) is 0 Å². The summed E-state index contributed by atoms with van der Waals surface area (Å²) in [6, 6.07) is 13.7. The number of hydrogen-bond acceptors (Lipinski definition) is 2. The lowest BCUT2D eigenvalue weighted by Gasteiger charge is -2.32. The van der Waals surface area contributed by atoms with E-state index in [0.717, 1.165) is 37.2 Å². The molecule has 1 N–H and O–H groups in total. The number of anilines is 1. The van der Waals surface area contributed by atoms with E-state index in [1.807, 2.05) is 12.1 Å². The lowest BCUT2D eigenvalue weighted by atomic mass is 9.96. The van der Waals surface area contributed by atoms with Gasteiger partial charge in [-0.25, -0.2) is 4.39 Å². The minimum absolute atomic E-state index is 0.0288. The molecule has 1 aliphatic heterocycles. The Kier molecular flexibility index (Phi) is 5.48. The molecule has 24 heavy (non-hydrogen) atoms. The first-order valence-electron chi connectivity index (χ1n) is 8.13. The number of carbonyl (C=O) groups is 1. The molecule has 126 valence electrons. The summed E-state index contributed by atoms with van der Waals surface area (Å²) in [5.74, 6) is -0.240. The predicted octanol–water partition coefficient (Wildman–Crippen LogP) is 4.33. The molecule has 0 spiro atoms. The number of likely N-dealkylation sites (tertiary alicyclic amines) is 1. The van der Waals surface area contributed by atoms with Gasteiger partial charge in [0.05, 0.1) is 5.92 Å². The van der Waals surface area contributed by atoms with E-state index < -0.39 is 0 Å². The van der Waals surface area contributed by atoms with Crippen LogP contribution in [0.25, 0.3) is 0 Å². The van der Waals surface area contributed by atoms with Crippen LogP contribution in [-0.4, -0.2) is 23.9 Å². The average molecular weight is 347 g/mol. The molecule has 3 nitrogen and oxygen atoms in total. The second-order valence-electron chi connectivity index (χ2n) is 6.20. The van der Waals surface area contributed by atoms with Crippen molar-refractivity contribution in [3.05, 3.63) is 64.9 Å². The summed E-state index contributed by atoms with van der Waals surface area (Å²) in [6.07, 6.45) is 1.86. The Morgan fingerprint density at radius 2 is 2.04 bits per heavy atom. The van der Waals surface area contributed by atoms with Gasteiger partial charge in [0.25, 0.3) is 0 Å². The molecule has 0 aromatic heterocycles. The first kappa shape index (κ1) is 16.9. The predicted molar refractivity (Wildman–Crippen MR) is 94.5 cm³/mol. The molecule has 2 aromatic carbocycles. The van der Waals surface area contributed by atoms with Crippen molar-refractivity contribution in [2.75, 3.05) is 18.4 Å². The molecular weight excluding hydrogens is 327 g/mol. The highest BCUT2D eigenvalue weighted by Crippen LogP contribution is 2.21. The smallest absolute Gasteiger partial charge is 0.228 e. The van der Waals surface area contributed by atoms with Crippen LogP contribution >= 0.6 is 11.6 Å². The maximum atomic E-state index is 13.0. The standard InChI is InChI=1S/C19H20ClFN2O/c20-16-4-1-5-18(11-16)22-19(24)15-3-2-10-23(13-15)12-14-6-8-17(21)9-7-14/h1,4-9,11,15H,2-3,10,12-13H2,(H,22,24). The van der Waals surface area contributed by atoms with Gasteiger partial charge in [0.1, 0.15) is 5.82 Å². The number of carbonyl (C=O) groups excluding carboxylic acids is 1. The van der Waals surface area contributed by atoms with Crippen molar-refractivity contribution >= 4 is 23.2 Å². The van der Waals surface area contributed by atoms with E-state index in [2.05, 4.69) is 10.2 Å². The third-order valence-corrected chi connectivity index (χ3v) is 4.52.